The number of aliphatic hydroxyl groups is 1. The number of hydrogen-bond acceptors (Lipinski definition) is 6. The van der Waals surface area contributed by atoms with Crippen molar-refractivity contribution in [1.82, 2.24) is 9.80 Å². The third-order valence-corrected chi connectivity index (χ3v) is 6.97. The Morgan fingerprint density at radius 2 is 1.78 bits per heavy atom. The summed E-state index contributed by atoms with van der Waals surface area (Å²) in [5, 5.41) is 9.62. The van der Waals surface area contributed by atoms with Crippen molar-refractivity contribution in [3.8, 4) is 0 Å². The first kappa shape index (κ1) is 28.9. The summed E-state index contributed by atoms with van der Waals surface area (Å²) >= 11 is 12.2. The molecule has 0 bridgehead atoms. The average Bonchev–Trinajstić information content (AvgIpc) is 3.34. The van der Waals surface area contributed by atoms with Crippen LogP contribution < -0.4 is 0 Å². The van der Waals surface area contributed by atoms with Gasteiger partial charge in [-0.3, -0.25) is 9.69 Å². The van der Waals surface area contributed by atoms with Crippen LogP contribution >= 0.6 is 23.2 Å². The summed E-state index contributed by atoms with van der Waals surface area (Å²) in [6.07, 6.45) is 1.35. The van der Waals surface area contributed by atoms with E-state index in [1.54, 1.807) is 12.1 Å². The van der Waals surface area contributed by atoms with E-state index in [0.29, 0.717) is 43.1 Å². The van der Waals surface area contributed by atoms with Crippen LogP contribution in [-0.4, -0.2) is 93.2 Å². The number of nitrogens with zero attached hydrogens (tertiary/aromatic N) is 2. The molecular weight excluding hydrogens is 503 g/mol. The number of aliphatic hydroxyl groups excluding tert-OH is 1. The summed E-state index contributed by atoms with van der Waals surface area (Å²) in [5.41, 5.74) is 1.94. The molecule has 0 aliphatic carbocycles. The fourth-order valence-electron chi connectivity index (χ4n) is 4.25. The van der Waals surface area contributed by atoms with E-state index in [1.807, 2.05) is 36.2 Å². The highest BCUT2D eigenvalue weighted by atomic mass is 35.5. The van der Waals surface area contributed by atoms with E-state index in [4.69, 9.17) is 42.5 Å². The minimum absolute atomic E-state index is 0.0214. The van der Waals surface area contributed by atoms with Crippen LogP contribution in [-0.2, 0) is 25.4 Å². The first-order valence-corrected chi connectivity index (χ1v) is 13.1. The van der Waals surface area contributed by atoms with Crippen LogP contribution in [0.2, 0.25) is 10.0 Å². The maximum atomic E-state index is 13.2. The van der Waals surface area contributed by atoms with Crippen molar-refractivity contribution in [2.24, 2.45) is 0 Å². The summed E-state index contributed by atoms with van der Waals surface area (Å²) in [5.74, 6) is 0.0226. The van der Waals surface area contributed by atoms with E-state index in [1.165, 1.54) is 0 Å². The maximum absolute atomic E-state index is 13.2. The zero-order chi connectivity index (χ0) is 25.8. The van der Waals surface area contributed by atoms with Crippen molar-refractivity contribution in [1.29, 1.82) is 0 Å². The largest absolute Gasteiger partial charge is 0.394 e. The molecule has 1 heterocycles. The number of likely N-dealkylation sites (tertiary alicyclic amines) is 1. The Bertz CT molecular complexity index is 934. The van der Waals surface area contributed by atoms with Gasteiger partial charge in [0.1, 0.15) is 0 Å². The smallest absolute Gasteiger partial charge is 0.227 e. The lowest BCUT2D eigenvalue weighted by Crippen LogP contribution is -2.39. The van der Waals surface area contributed by atoms with E-state index in [-0.39, 0.29) is 31.1 Å². The van der Waals surface area contributed by atoms with Gasteiger partial charge >= 0.3 is 0 Å². The molecule has 0 spiro atoms. The van der Waals surface area contributed by atoms with Crippen molar-refractivity contribution in [2.75, 3.05) is 66.3 Å². The minimum Gasteiger partial charge on any atom is -0.394 e. The highest BCUT2D eigenvalue weighted by molar-refractivity contribution is 6.42. The van der Waals surface area contributed by atoms with Gasteiger partial charge in [-0.05, 0) is 29.7 Å². The Labute approximate surface area is 223 Å². The molecule has 2 atom stereocenters. The first-order chi connectivity index (χ1) is 17.5. The first-order valence-electron chi connectivity index (χ1n) is 12.3. The lowest BCUT2D eigenvalue weighted by atomic mass is 10.0. The van der Waals surface area contributed by atoms with Crippen LogP contribution in [0.1, 0.15) is 23.6 Å². The number of ether oxygens (including phenoxy) is 3. The van der Waals surface area contributed by atoms with Gasteiger partial charge in [-0.15, -0.1) is 0 Å². The van der Waals surface area contributed by atoms with Gasteiger partial charge in [-0.2, -0.15) is 0 Å². The molecule has 9 heteroatoms. The Morgan fingerprint density at radius 3 is 2.50 bits per heavy atom. The highest BCUT2D eigenvalue weighted by Crippen LogP contribution is 2.26. The van der Waals surface area contributed by atoms with E-state index >= 15 is 0 Å². The van der Waals surface area contributed by atoms with Crippen LogP contribution in [0.4, 0.5) is 0 Å². The Morgan fingerprint density at radius 1 is 1.06 bits per heavy atom. The summed E-state index contributed by atoms with van der Waals surface area (Å²) in [6, 6.07) is 15.4. The lowest BCUT2D eigenvalue weighted by Gasteiger charge is -2.32. The molecule has 0 radical (unpaired) electrons. The quantitative estimate of drug-likeness (QED) is 0.347. The van der Waals surface area contributed by atoms with Crippen molar-refractivity contribution in [3.63, 3.8) is 0 Å². The van der Waals surface area contributed by atoms with Gasteiger partial charge in [0.25, 0.3) is 0 Å². The summed E-state index contributed by atoms with van der Waals surface area (Å²) in [4.78, 5) is 17.4. The predicted octanol–water partition coefficient (Wildman–Crippen LogP) is 3.85. The molecule has 1 aliphatic rings. The third kappa shape index (κ3) is 9.30. The molecule has 1 unspecified atom stereocenters. The van der Waals surface area contributed by atoms with Gasteiger partial charge < -0.3 is 24.2 Å². The average molecular weight is 540 g/mol. The van der Waals surface area contributed by atoms with Crippen molar-refractivity contribution in [2.45, 2.75) is 25.0 Å². The lowest BCUT2D eigenvalue weighted by molar-refractivity contribution is -0.131. The predicted molar refractivity (Wildman–Crippen MR) is 142 cm³/mol. The van der Waals surface area contributed by atoms with E-state index in [0.717, 1.165) is 37.2 Å². The van der Waals surface area contributed by atoms with Crippen LogP contribution in [0, 0.1) is 0 Å². The molecule has 1 saturated heterocycles. The second kappa shape index (κ2) is 15.5. The number of likely N-dealkylation sites (N-methyl/N-ethyl adjacent to an activating group) is 1. The van der Waals surface area contributed by atoms with Crippen LogP contribution in [0.25, 0.3) is 0 Å². The minimum atomic E-state index is -0.0810. The number of carbonyl (C=O) groups excluding carboxylic acids is 1. The standard InChI is InChI=1S/C27H36Cl2N2O5/c1-30(27(33)18-21-7-8-24(28)25(29)17-21)26(22-5-3-2-4-6-22)20-31-10-9-23(19-31)36-16-15-35-14-13-34-12-11-32/h2-8,17,23,26,32H,9-16,18-20H2,1H3/t23-,26?/m0/s1. The fourth-order valence-corrected chi connectivity index (χ4v) is 4.57. The summed E-state index contributed by atoms with van der Waals surface area (Å²) in [6.45, 7) is 4.81. The summed E-state index contributed by atoms with van der Waals surface area (Å²) in [7, 11) is 1.86. The van der Waals surface area contributed by atoms with Crippen LogP contribution in [0.3, 0.4) is 0 Å². The van der Waals surface area contributed by atoms with Gasteiger partial charge in [0, 0.05) is 26.7 Å². The van der Waals surface area contributed by atoms with Crippen molar-refractivity contribution >= 4 is 29.1 Å². The SMILES string of the molecule is CN(C(=O)Cc1ccc(Cl)c(Cl)c1)C(CN1CC[C@H](OCCOCCOCCO)C1)c1ccccc1. The van der Waals surface area contributed by atoms with E-state index in [9.17, 15) is 4.79 Å². The number of carbonyl (C=O) groups is 1. The van der Waals surface area contributed by atoms with E-state index in [2.05, 4.69) is 17.0 Å². The number of halogens is 2. The topological polar surface area (TPSA) is 71.5 Å². The summed E-state index contributed by atoms with van der Waals surface area (Å²) < 4.78 is 16.7. The molecule has 1 aliphatic heterocycles. The third-order valence-electron chi connectivity index (χ3n) is 6.23. The molecule has 1 amide bonds. The Kier molecular flexibility index (Phi) is 12.4. The van der Waals surface area contributed by atoms with Crippen molar-refractivity contribution < 1.29 is 24.1 Å². The van der Waals surface area contributed by atoms with E-state index < -0.39 is 0 Å². The van der Waals surface area contributed by atoms with Crippen LogP contribution in [0.5, 0.6) is 0 Å². The molecule has 1 N–H and O–H groups in total. The molecule has 1 fully saturated rings. The van der Waals surface area contributed by atoms with Crippen molar-refractivity contribution in [3.05, 3.63) is 69.7 Å². The number of benzene rings is 2. The van der Waals surface area contributed by atoms with Gasteiger partial charge in [0.05, 0.1) is 68.3 Å². The molecule has 3 rings (SSSR count). The number of amides is 1. The number of hydrogen-bond donors (Lipinski definition) is 1. The second-order valence-corrected chi connectivity index (χ2v) is 9.66. The molecular formula is C27H36Cl2N2O5. The Hall–Kier alpha value is -1.71. The molecule has 0 aromatic heterocycles. The molecule has 7 nitrogen and oxygen atoms in total. The molecule has 2 aromatic rings. The molecule has 0 saturated carbocycles. The Balaban J connectivity index is 1.51. The monoisotopic (exact) mass is 538 g/mol. The zero-order valence-electron chi connectivity index (χ0n) is 20.8. The normalized spacial score (nSPS) is 16.8. The second-order valence-electron chi connectivity index (χ2n) is 8.85. The van der Waals surface area contributed by atoms with Gasteiger partial charge in [-0.25, -0.2) is 0 Å². The molecule has 198 valence electrons. The highest BCUT2D eigenvalue weighted by Gasteiger charge is 2.29. The van der Waals surface area contributed by atoms with Gasteiger partial charge in [0.2, 0.25) is 5.91 Å². The molecule has 36 heavy (non-hydrogen) atoms. The van der Waals surface area contributed by atoms with Crippen LogP contribution in [0.15, 0.2) is 48.5 Å². The zero-order valence-corrected chi connectivity index (χ0v) is 22.3. The van der Waals surface area contributed by atoms with Gasteiger partial charge in [-0.1, -0.05) is 59.6 Å². The maximum Gasteiger partial charge on any atom is 0.227 e. The fraction of sp³-hybridized carbons (Fsp3) is 0.519. The molecule has 2 aromatic carbocycles. The van der Waals surface area contributed by atoms with Gasteiger partial charge in [0.15, 0.2) is 0 Å². The number of rotatable bonds is 15.